The van der Waals surface area contributed by atoms with Crippen molar-refractivity contribution in [2.24, 2.45) is 18.9 Å². The standard InChI is InChI=1S/C24H21ClFN5O/c1-12-4-5-27-9-17(12)16-6-14-7-19(28-10-18(14)22(25)23(16)26)30-24(32)21-13(2)20(21)15-8-29-31(3)11-15/h4-11,13,20-21H,1-3H3,(H,28,30,32)/t13?,20-,21+/m1/s1. The molecular formula is C24H21ClFN5O. The molecule has 0 saturated heterocycles. The molecule has 0 radical (unpaired) electrons. The number of fused-ring (bicyclic) bond motifs is 1. The Morgan fingerprint density at radius 3 is 2.75 bits per heavy atom. The molecule has 3 heterocycles. The van der Waals surface area contributed by atoms with Gasteiger partial charge >= 0.3 is 0 Å². The van der Waals surface area contributed by atoms with Crippen LogP contribution in [-0.2, 0) is 11.8 Å². The van der Waals surface area contributed by atoms with Crippen LogP contribution < -0.4 is 5.32 Å². The molecule has 0 aliphatic heterocycles. The van der Waals surface area contributed by atoms with Crippen molar-refractivity contribution in [1.82, 2.24) is 19.7 Å². The van der Waals surface area contributed by atoms with Crippen molar-refractivity contribution >= 4 is 34.1 Å². The SMILES string of the molecule is Cc1ccncc1-c1cc2cc(NC(=O)[C@H]3C(C)[C@@H]3c3cnn(C)c3)ncc2c(Cl)c1F. The fourth-order valence-electron chi connectivity index (χ4n) is 4.44. The molecule has 1 aliphatic rings. The fourth-order valence-corrected chi connectivity index (χ4v) is 4.70. The minimum Gasteiger partial charge on any atom is -0.310 e. The van der Waals surface area contributed by atoms with Crippen LogP contribution in [-0.4, -0.2) is 25.7 Å². The molecule has 0 bridgehead atoms. The summed E-state index contributed by atoms with van der Waals surface area (Å²) in [6.45, 7) is 3.95. The molecule has 6 nitrogen and oxygen atoms in total. The number of anilines is 1. The Hall–Kier alpha value is -3.32. The average molecular weight is 450 g/mol. The van der Waals surface area contributed by atoms with Crippen LogP contribution in [0.3, 0.4) is 0 Å². The fraction of sp³-hybridized carbons (Fsp3) is 0.250. The molecule has 3 aromatic heterocycles. The van der Waals surface area contributed by atoms with E-state index >= 15 is 4.39 Å². The summed E-state index contributed by atoms with van der Waals surface area (Å²) in [6, 6.07) is 5.26. The van der Waals surface area contributed by atoms with Gasteiger partial charge in [0.15, 0.2) is 0 Å². The van der Waals surface area contributed by atoms with Crippen molar-refractivity contribution in [3.8, 4) is 11.1 Å². The smallest absolute Gasteiger partial charge is 0.229 e. The van der Waals surface area contributed by atoms with Gasteiger partial charge in [-0.2, -0.15) is 5.10 Å². The highest BCUT2D eigenvalue weighted by Gasteiger charge is 2.52. The quantitative estimate of drug-likeness (QED) is 0.469. The third-order valence-corrected chi connectivity index (χ3v) is 6.64. The number of amides is 1. The molecule has 1 aliphatic carbocycles. The summed E-state index contributed by atoms with van der Waals surface area (Å²) < 4.78 is 16.7. The van der Waals surface area contributed by atoms with E-state index in [4.69, 9.17) is 11.6 Å². The van der Waals surface area contributed by atoms with E-state index in [0.29, 0.717) is 27.7 Å². The van der Waals surface area contributed by atoms with E-state index in [2.05, 4.69) is 27.3 Å². The summed E-state index contributed by atoms with van der Waals surface area (Å²) >= 11 is 6.33. The monoisotopic (exact) mass is 449 g/mol. The lowest BCUT2D eigenvalue weighted by atomic mass is 9.99. The van der Waals surface area contributed by atoms with Gasteiger partial charge in [-0.15, -0.1) is 0 Å². The van der Waals surface area contributed by atoms with Gasteiger partial charge in [-0.25, -0.2) is 9.37 Å². The summed E-state index contributed by atoms with van der Waals surface area (Å²) in [5, 5.41) is 8.29. The summed E-state index contributed by atoms with van der Waals surface area (Å²) in [4.78, 5) is 21.3. The van der Waals surface area contributed by atoms with E-state index in [1.807, 2.05) is 26.2 Å². The predicted molar refractivity (Wildman–Crippen MR) is 122 cm³/mol. The van der Waals surface area contributed by atoms with Gasteiger partial charge in [0.2, 0.25) is 5.91 Å². The van der Waals surface area contributed by atoms with E-state index in [1.165, 1.54) is 6.20 Å². The normalized spacial score (nSPS) is 19.8. The molecule has 8 heteroatoms. The van der Waals surface area contributed by atoms with Crippen LogP contribution in [0.15, 0.2) is 49.2 Å². The second kappa shape index (κ2) is 7.67. The van der Waals surface area contributed by atoms with Crippen LogP contribution in [0.25, 0.3) is 21.9 Å². The molecule has 4 aromatic rings. The van der Waals surface area contributed by atoms with Crippen molar-refractivity contribution in [3.05, 3.63) is 71.2 Å². The lowest BCUT2D eigenvalue weighted by molar-refractivity contribution is -0.117. The summed E-state index contributed by atoms with van der Waals surface area (Å²) in [5.74, 6) is 0.0381. The van der Waals surface area contributed by atoms with Gasteiger partial charge in [0, 0.05) is 60.2 Å². The van der Waals surface area contributed by atoms with Gasteiger partial charge in [-0.3, -0.25) is 14.5 Å². The Bertz CT molecular complexity index is 1370. The second-order valence-electron chi connectivity index (χ2n) is 8.38. The van der Waals surface area contributed by atoms with Crippen molar-refractivity contribution in [2.45, 2.75) is 19.8 Å². The zero-order chi connectivity index (χ0) is 22.6. The van der Waals surface area contributed by atoms with Crippen LogP contribution >= 0.6 is 11.6 Å². The number of carbonyl (C=O) groups is 1. The molecule has 1 saturated carbocycles. The van der Waals surface area contributed by atoms with Gasteiger partial charge < -0.3 is 5.32 Å². The van der Waals surface area contributed by atoms with Crippen LogP contribution in [0.4, 0.5) is 10.2 Å². The van der Waals surface area contributed by atoms with Gasteiger partial charge in [0.25, 0.3) is 0 Å². The Kier molecular flexibility index (Phi) is 4.93. The molecular weight excluding hydrogens is 429 g/mol. The van der Waals surface area contributed by atoms with Crippen LogP contribution in [0, 0.1) is 24.6 Å². The molecule has 1 amide bonds. The van der Waals surface area contributed by atoms with E-state index in [9.17, 15) is 4.79 Å². The number of carbonyl (C=O) groups excluding carboxylic acids is 1. The number of nitrogens with zero attached hydrogens (tertiary/aromatic N) is 4. The van der Waals surface area contributed by atoms with E-state index < -0.39 is 5.82 Å². The maximum absolute atomic E-state index is 15.0. The Morgan fingerprint density at radius 1 is 1.22 bits per heavy atom. The number of pyridine rings is 2. The van der Waals surface area contributed by atoms with Crippen LogP contribution in [0.1, 0.15) is 24.0 Å². The first kappa shape index (κ1) is 20.6. The third kappa shape index (κ3) is 3.42. The van der Waals surface area contributed by atoms with Crippen molar-refractivity contribution in [3.63, 3.8) is 0 Å². The number of aromatic nitrogens is 4. The second-order valence-corrected chi connectivity index (χ2v) is 8.76. The molecule has 162 valence electrons. The third-order valence-electron chi connectivity index (χ3n) is 6.27. The van der Waals surface area contributed by atoms with Crippen molar-refractivity contribution < 1.29 is 9.18 Å². The Balaban J connectivity index is 1.45. The lowest BCUT2D eigenvalue weighted by Crippen LogP contribution is -2.16. The van der Waals surface area contributed by atoms with Gasteiger partial charge in [0.05, 0.1) is 11.2 Å². The number of rotatable bonds is 4. The zero-order valence-electron chi connectivity index (χ0n) is 17.8. The van der Waals surface area contributed by atoms with Gasteiger partial charge in [-0.1, -0.05) is 18.5 Å². The largest absolute Gasteiger partial charge is 0.310 e. The highest BCUT2D eigenvalue weighted by molar-refractivity contribution is 6.36. The molecule has 1 N–H and O–H groups in total. The minimum atomic E-state index is -0.514. The number of benzene rings is 1. The molecule has 1 aromatic carbocycles. The molecule has 5 rings (SSSR count). The maximum atomic E-state index is 15.0. The number of hydrogen-bond donors (Lipinski definition) is 1. The first-order valence-corrected chi connectivity index (χ1v) is 10.7. The number of nitrogens with one attached hydrogen (secondary N) is 1. The molecule has 32 heavy (non-hydrogen) atoms. The van der Waals surface area contributed by atoms with Gasteiger partial charge in [-0.05, 0) is 47.6 Å². The highest BCUT2D eigenvalue weighted by Crippen LogP contribution is 2.54. The first-order chi connectivity index (χ1) is 15.3. The minimum absolute atomic E-state index is 0.00131. The number of halogens is 2. The lowest BCUT2D eigenvalue weighted by Gasteiger charge is -2.12. The topological polar surface area (TPSA) is 72.7 Å². The van der Waals surface area contributed by atoms with E-state index in [-0.39, 0.29) is 28.7 Å². The Labute approximate surface area is 189 Å². The molecule has 3 atom stereocenters. The summed E-state index contributed by atoms with van der Waals surface area (Å²) in [5.41, 5.74) is 2.98. The highest BCUT2D eigenvalue weighted by atomic mass is 35.5. The maximum Gasteiger partial charge on any atom is 0.229 e. The number of aryl methyl sites for hydroxylation is 2. The van der Waals surface area contributed by atoms with Crippen molar-refractivity contribution in [2.75, 3.05) is 5.32 Å². The first-order valence-electron chi connectivity index (χ1n) is 10.3. The van der Waals surface area contributed by atoms with E-state index in [1.54, 1.807) is 35.4 Å². The molecule has 1 fully saturated rings. The number of hydrogen-bond acceptors (Lipinski definition) is 4. The average Bonchev–Trinajstić information content (AvgIpc) is 3.25. The van der Waals surface area contributed by atoms with Crippen LogP contribution in [0.5, 0.6) is 0 Å². The zero-order valence-corrected chi connectivity index (χ0v) is 18.6. The van der Waals surface area contributed by atoms with E-state index in [0.717, 1.165) is 11.1 Å². The molecule has 0 spiro atoms. The van der Waals surface area contributed by atoms with Gasteiger partial charge in [0.1, 0.15) is 11.6 Å². The van der Waals surface area contributed by atoms with Crippen molar-refractivity contribution in [1.29, 1.82) is 0 Å². The summed E-state index contributed by atoms with van der Waals surface area (Å²) in [6.07, 6.45) is 8.52. The molecule has 1 unspecified atom stereocenters. The predicted octanol–water partition coefficient (Wildman–Crippen LogP) is 5.12. The van der Waals surface area contributed by atoms with Crippen LogP contribution in [0.2, 0.25) is 5.02 Å². The summed E-state index contributed by atoms with van der Waals surface area (Å²) in [7, 11) is 1.86. The Morgan fingerprint density at radius 2 is 2.03 bits per heavy atom.